The minimum atomic E-state index is -3.25. The number of nitrogens with zero attached hydrogens (tertiary/aromatic N) is 1. The zero-order valence-electron chi connectivity index (χ0n) is 15.3. The first-order chi connectivity index (χ1) is 12.9. The molecule has 0 aromatic heterocycles. The van der Waals surface area contributed by atoms with Crippen LogP contribution >= 0.6 is 0 Å². The lowest BCUT2D eigenvalue weighted by molar-refractivity contribution is -0.111. The predicted octanol–water partition coefficient (Wildman–Crippen LogP) is 3.28. The fourth-order valence-corrected chi connectivity index (χ4v) is 4.54. The maximum atomic E-state index is 12.3. The van der Waals surface area contributed by atoms with Gasteiger partial charge in [0.05, 0.1) is 18.6 Å². The fraction of sp³-hybridized carbons (Fsp3) is 0.250. The number of ether oxygens (including phenoxy) is 1. The van der Waals surface area contributed by atoms with Gasteiger partial charge in [-0.15, -0.1) is 0 Å². The van der Waals surface area contributed by atoms with Crippen LogP contribution in [0.15, 0.2) is 54.6 Å². The average molecular weight is 386 g/mol. The van der Waals surface area contributed by atoms with Crippen molar-refractivity contribution in [2.24, 2.45) is 0 Å². The van der Waals surface area contributed by atoms with E-state index in [1.54, 1.807) is 31.4 Å². The molecule has 1 heterocycles. The van der Waals surface area contributed by atoms with E-state index in [1.165, 1.54) is 10.4 Å². The largest absolute Gasteiger partial charge is 0.497 e. The zero-order valence-corrected chi connectivity index (χ0v) is 16.1. The number of nitrogens with one attached hydrogen (secondary N) is 1. The number of methoxy groups -OCH3 is 1. The van der Waals surface area contributed by atoms with Crippen LogP contribution in [-0.4, -0.2) is 33.7 Å². The maximum absolute atomic E-state index is 12.3. The smallest absolute Gasteiger partial charge is 0.248 e. The second-order valence-corrected chi connectivity index (χ2v) is 8.35. The van der Waals surface area contributed by atoms with Gasteiger partial charge in [0.15, 0.2) is 0 Å². The standard InChI is InChI=1S/C20H22N2O4S/c1-15(16-7-9-19(26-2)10-8-16)13-20(23)21-17-5-3-6-18(14-17)22-11-4-12-27(22,24)25/h3,5-10,13-14H,4,11-12H2,1-2H3,(H,21,23)/b15-13+. The Morgan fingerprint density at radius 2 is 1.93 bits per heavy atom. The molecule has 1 saturated heterocycles. The number of sulfonamides is 1. The topological polar surface area (TPSA) is 75.7 Å². The number of allylic oxidation sites excluding steroid dienone is 1. The lowest BCUT2D eigenvalue weighted by Crippen LogP contribution is -2.25. The van der Waals surface area contributed by atoms with Crippen LogP contribution in [0.2, 0.25) is 0 Å². The summed E-state index contributed by atoms with van der Waals surface area (Å²) in [6.45, 7) is 2.32. The number of benzene rings is 2. The molecule has 1 aliphatic heterocycles. The van der Waals surface area contributed by atoms with Gasteiger partial charge in [0.1, 0.15) is 5.75 Å². The van der Waals surface area contributed by atoms with E-state index >= 15 is 0 Å². The van der Waals surface area contributed by atoms with Crippen molar-refractivity contribution >= 4 is 32.9 Å². The minimum absolute atomic E-state index is 0.160. The number of carbonyl (C=O) groups is 1. The summed E-state index contributed by atoms with van der Waals surface area (Å²) in [6.07, 6.45) is 2.13. The molecular weight excluding hydrogens is 364 g/mol. The third kappa shape index (κ3) is 4.49. The predicted molar refractivity (Wildman–Crippen MR) is 107 cm³/mol. The molecule has 0 bridgehead atoms. The van der Waals surface area contributed by atoms with E-state index in [0.29, 0.717) is 24.3 Å². The summed E-state index contributed by atoms with van der Waals surface area (Å²) in [4.78, 5) is 12.3. The number of carbonyl (C=O) groups excluding carboxylic acids is 1. The Kier molecular flexibility index (Phi) is 5.51. The Labute approximate surface area is 159 Å². The Balaban J connectivity index is 1.73. The van der Waals surface area contributed by atoms with E-state index in [-0.39, 0.29) is 11.7 Å². The van der Waals surface area contributed by atoms with Gasteiger partial charge >= 0.3 is 0 Å². The maximum Gasteiger partial charge on any atom is 0.248 e. The molecular formula is C20H22N2O4S. The first-order valence-electron chi connectivity index (χ1n) is 8.63. The summed E-state index contributed by atoms with van der Waals surface area (Å²) < 4.78 is 30.6. The van der Waals surface area contributed by atoms with E-state index in [0.717, 1.165) is 16.9 Å². The highest BCUT2D eigenvalue weighted by atomic mass is 32.2. The highest BCUT2D eigenvalue weighted by Crippen LogP contribution is 2.26. The Bertz CT molecular complexity index is 966. The minimum Gasteiger partial charge on any atom is -0.497 e. The van der Waals surface area contributed by atoms with Gasteiger partial charge in [-0.2, -0.15) is 0 Å². The summed E-state index contributed by atoms with van der Waals surface area (Å²) in [6, 6.07) is 14.3. The van der Waals surface area contributed by atoms with Gasteiger partial charge in [-0.25, -0.2) is 8.42 Å². The molecule has 27 heavy (non-hydrogen) atoms. The fourth-order valence-electron chi connectivity index (χ4n) is 2.98. The normalized spacial score (nSPS) is 16.2. The molecule has 142 valence electrons. The third-order valence-electron chi connectivity index (χ3n) is 4.39. The van der Waals surface area contributed by atoms with Crippen molar-refractivity contribution in [3.05, 3.63) is 60.2 Å². The van der Waals surface area contributed by atoms with Gasteiger partial charge in [-0.1, -0.05) is 18.2 Å². The summed E-state index contributed by atoms with van der Waals surface area (Å²) in [5, 5.41) is 2.79. The number of hydrogen-bond donors (Lipinski definition) is 1. The van der Waals surface area contributed by atoms with Crippen molar-refractivity contribution in [3.63, 3.8) is 0 Å². The second kappa shape index (κ2) is 7.84. The van der Waals surface area contributed by atoms with Crippen LogP contribution in [0.5, 0.6) is 5.75 Å². The van der Waals surface area contributed by atoms with E-state index in [1.807, 2.05) is 31.2 Å². The molecule has 3 rings (SSSR count). The van der Waals surface area contributed by atoms with Crippen molar-refractivity contribution in [1.82, 2.24) is 0 Å². The molecule has 6 nitrogen and oxygen atoms in total. The van der Waals surface area contributed by atoms with Crippen LogP contribution in [0.3, 0.4) is 0 Å². The van der Waals surface area contributed by atoms with Gasteiger partial charge in [-0.05, 0) is 54.8 Å². The molecule has 0 spiro atoms. The Hall–Kier alpha value is -2.80. The van der Waals surface area contributed by atoms with E-state index in [9.17, 15) is 13.2 Å². The van der Waals surface area contributed by atoms with E-state index < -0.39 is 10.0 Å². The van der Waals surface area contributed by atoms with Gasteiger partial charge in [0.25, 0.3) is 0 Å². The molecule has 1 aliphatic rings. The number of amides is 1. The number of anilines is 2. The highest BCUT2D eigenvalue weighted by Gasteiger charge is 2.28. The van der Waals surface area contributed by atoms with Crippen LogP contribution in [0.1, 0.15) is 18.9 Å². The summed E-state index contributed by atoms with van der Waals surface area (Å²) in [7, 11) is -1.64. The van der Waals surface area contributed by atoms with E-state index in [2.05, 4.69) is 5.32 Å². The van der Waals surface area contributed by atoms with Crippen LogP contribution in [0.25, 0.3) is 5.57 Å². The van der Waals surface area contributed by atoms with Crippen LogP contribution in [0, 0.1) is 0 Å². The molecule has 0 atom stereocenters. The van der Waals surface area contributed by atoms with Crippen LogP contribution in [-0.2, 0) is 14.8 Å². The molecule has 1 fully saturated rings. The SMILES string of the molecule is COc1ccc(/C(C)=C/C(=O)Nc2cccc(N3CCCS3(=O)=O)c2)cc1. The van der Waals surface area contributed by atoms with Crippen molar-refractivity contribution in [1.29, 1.82) is 0 Å². The first-order valence-corrected chi connectivity index (χ1v) is 10.2. The average Bonchev–Trinajstić information content (AvgIpc) is 3.01. The Morgan fingerprint density at radius 1 is 1.19 bits per heavy atom. The lowest BCUT2D eigenvalue weighted by Gasteiger charge is -2.17. The molecule has 2 aromatic carbocycles. The lowest BCUT2D eigenvalue weighted by atomic mass is 10.1. The Morgan fingerprint density at radius 3 is 2.56 bits per heavy atom. The monoisotopic (exact) mass is 386 g/mol. The number of hydrogen-bond acceptors (Lipinski definition) is 4. The van der Waals surface area contributed by atoms with Gasteiger partial charge in [0.2, 0.25) is 15.9 Å². The molecule has 7 heteroatoms. The summed E-state index contributed by atoms with van der Waals surface area (Å²) in [5.41, 5.74) is 2.86. The van der Waals surface area contributed by atoms with Crippen molar-refractivity contribution in [2.75, 3.05) is 29.0 Å². The van der Waals surface area contributed by atoms with Crippen LogP contribution < -0.4 is 14.4 Å². The summed E-state index contributed by atoms with van der Waals surface area (Å²) in [5.74, 6) is 0.641. The zero-order chi connectivity index (χ0) is 19.4. The summed E-state index contributed by atoms with van der Waals surface area (Å²) >= 11 is 0. The third-order valence-corrected chi connectivity index (χ3v) is 6.26. The van der Waals surface area contributed by atoms with Crippen LogP contribution in [0.4, 0.5) is 11.4 Å². The van der Waals surface area contributed by atoms with Crippen molar-refractivity contribution < 1.29 is 17.9 Å². The number of rotatable bonds is 5. The molecule has 0 radical (unpaired) electrons. The molecule has 2 aromatic rings. The quantitative estimate of drug-likeness (QED) is 0.800. The van der Waals surface area contributed by atoms with Gasteiger partial charge in [0, 0.05) is 18.3 Å². The molecule has 1 N–H and O–H groups in total. The van der Waals surface area contributed by atoms with Gasteiger partial charge < -0.3 is 10.1 Å². The highest BCUT2D eigenvalue weighted by molar-refractivity contribution is 7.93. The van der Waals surface area contributed by atoms with Gasteiger partial charge in [-0.3, -0.25) is 9.10 Å². The molecule has 1 amide bonds. The molecule has 0 aliphatic carbocycles. The molecule has 0 saturated carbocycles. The van der Waals surface area contributed by atoms with E-state index in [4.69, 9.17) is 4.74 Å². The first kappa shape index (κ1) is 19.0. The second-order valence-electron chi connectivity index (χ2n) is 6.34. The van der Waals surface area contributed by atoms with Crippen molar-refractivity contribution in [3.8, 4) is 5.75 Å². The van der Waals surface area contributed by atoms with Crippen molar-refractivity contribution in [2.45, 2.75) is 13.3 Å². The molecule has 0 unspecified atom stereocenters.